The van der Waals surface area contributed by atoms with Gasteiger partial charge in [0.1, 0.15) is 0 Å². The maximum Gasteiger partial charge on any atom is 0.251 e. The Labute approximate surface area is 120 Å². The Hall–Kier alpha value is -1.30. The molecule has 1 aromatic heterocycles. The van der Waals surface area contributed by atoms with Crippen molar-refractivity contribution in [3.8, 4) is 0 Å². The van der Waals surface area contributed by atoms with E-state index in [-0.39, 0.29) is 11.6 Å². The maximum atomic E-state index is 11.2. The smallest absolute Gasteiger partial charge is 0.251 e. The van der Waals surface area contributed by atoms with Gasteiger partial charge >= 0.3 is 0 Å². The number of H-pyrrole nitrogens is 1. The van der Waals surface area contributed by atoms with Crippen LogP contribution in [0.5, 0.6) is 0 Å². The van der Waals surface area contributed by atoms with Crippen LogP contribution >= 0.6 is 23.4 Å². The summed E-state index contributed by atoms with van der Waals surface area (Å²) < 4.78 is 0. The number of hydrogen-bond acceptors (Lipinski definition) is 4. The van der Waals surface area contributed by atoms with Crippen molar-refractivity contribution in [3.05, 3.63) is 51.4 Å². The summed E-state index contributed by atoms with van der Waals surface area (Å²) in [7, 11) is 1.90. The van der Waals surface area contributed by atoms with Gasteiger partial charge in [-0.2, -0.15) is 0 Å². The van der Waals surface area contributed by atoms with Gasteiger partial charge in [0.05, 0.1) is 5.02 Å². The molecule has 1 heterocycles. The van der Waals surface area contributed by atoms with Crippen molar-refractivity contribution in [3.63, 3.8) is 0 Å². The van der Waals surface area contributed by atoms with Gasteiger partial charge in [0.15, 0.2) is 5.16 Å². The van der Waals surface area contributed by atoms with E-state index < -0.39 is 0 Å². The molecule has 0 aliphatic rings. The van der Waals surface area contributed by atoms with E-state index in [9.17, 15) is 4.79 Å². The highest BCUT2D eigenvalue weighted by Crippen LogP contribution is 2.32. The van der Waals surface area contributed by atoms with Crippen molar-refractivity contribution in [2.24, 2.45) is 0 Å². The van der Waals surface area contributed by atoms with E-state index in [0.717, 1.165) is 10.5 Å². The lowest BCUT2D eigenvalue weighted by Gasteiger charge is -2.12. The monoisotopic (exact) mass is 295 g/mol. The second-order valence-corrected chi connectivity index (χ2v) is 5.48. The van der Waals surface area contributed by atoms with Gasteiger partial charge in [0, 0.05) is 23.2 Å². The van der Waals surface area contributed by atoms with Gasteiger partial charge in [-0.25, -0.2) is 4.98 Å². The van der Waals surface area contributed by atoms with Crippen molar-refractivity contribution in [1.82, 2.24) is 15.3 Å². The van der Waals surface area contributed by atoms with Crippen molar-refractivity contribution < 1.29 is 0 Å². The summed E-state index contributed by atoms with van der Waals surface area (Å²) in [5, 5.41) is 4.34. The minimum Gasteiger partial charge on any atom is -0.313 e. The first-order valence-electron chi connectivity index (χ1n) is 5.80. The highest BCUT2D eigenvalue weighted by atomic mass is 35.5. The Bertz CT molecular complexity index is 629. The number of benzene rings is 1. The molecule has 2 aromatic rings. The molecule has 6 heteroatoms. The molecule has 0 aliphatic carbocycles. The van der Waals surface area contributed by atoms with Crippen LogP contribution in [0.15, 0.2) is 45.3 Å². The van der Waals surface area contributed by atoms with Gasteiger partial charge in [-0.15, -0.1) is 0 Å². The molecule has 0 radical (unpaired) electrons. The maximum absolute atomic E-state index is 11.2. The lowest BCUT2D eigenvalue weighted by molar-refractivity contribution is 0.652. The molecule has 4 nitrogen and oxygen atoms in total. The molecule has 0 aliphatic heterocycles. The summed E-state index contributed by atoms with van der Waals surface area (Å²) >= 11 is 7.59. The molecule has 0 amide bonds. The molecule has 0 saturated carbocycles. The van der Waals surface area contributed by atoms with Crippen LogP contribution in [0.2, 0.25) is 5.02 Å². The average molecular weight is 296 g/mol. The zero-order chi connectivity index (χ0) is 13.8. The largest absolute Gasteiger partial charge is 0.313 e. The van der Waals surface area contributed by atoms with E-state index in [4.69, 9.17) is 11.6 Å². The summed E-state index contributed by atoms with van der Waals surface area (Å²) in [5.74, 6) is 0. The molecule has 1 aromatic carbocycles. The molecule has 2 rings (SSSR count). The van der Waals surface area contributed by atoms with E-state index in [1.54, 1.807) is 0 Å². The Morgan fingerprint density at radius 1 is 1.42 bits per heavy atom. The summed E-state index contributed by atoms with van der Waals surface area (Å²) in [6.07, 6.45) is 1.48. The lowest BCUT2D eigenvalue weighted by Crippen LogP contribution is -2.12. The first-order chi connectivity index (χ1) is 9.10. The Morgan fingerprint density at radius 2 is 2.21 bits per heavy atom. The number of rotatable bonds is 4. The van der Waals surface area contributed by atoms with Gasteiger partial charge in [-0.3, -0.25) is 4.79 Å². The molecule has 0 spiro atoms. The second-order valence-electron chi connectivity index (χ2n) is 4.04. The number of aromatic nitrogens is 2. The quantitative estimate of drug-likeness (QED) is 0.852. The van der Waals surface area contributed by atoms with Crippen LogP contribution < -0.4 is 10.9 Å². The molecular weight excluding hydrogens is 282 g/mol. The van der Waals surface area contributed by atoms with Crippen LogP contribution in [0.25, 0.3) is 0 Å². The van der Waals surface area contributed by atoms with Gasteiger partial charge in [0.25, 0.3) is 5.56 Å². The van der Waals surface area contributed by atoms with Crippen LogP contribution in [-0.4, -0.2) is 17.0 Å². The number of aromatic amines is 1. The minimum absolute atomic E-state index is 0.172. The topological polar surface area (TPSA) is 57.8 Å². The zero-order valence-electron chi connectivity index (χ0n) is 10.6. The van der Waals surface area contributed by atoms with Crippen molar-refractivity contribution >= 4 is 23.4 Å². The first kappa shape index (κ1) is 14.1. The van der Waals surface area contributed by atoms with E-state index in [1.807, 2.05) is 25.2 Å². The highest BCUT2D eigenvalue weighted by molar-refractivity contribution is 7.99. The molecule has 19 heavy (non-hydrogen) atoms. The molecule has 0 bridgehead atoms. The second kappa shape index (κ2) is 6.23. The van der Waals surface area contributed by atoms with Gasteiger partial charge in [0.2, 0.25) is 0 Å². The number of halogens is 1. The molecule has 2 N–H and O–H groups in total. The SMILES string of the molecule is CNC(C)c1ccc(Sc2nccc(=O)[nH]2)c(Cl)c1. The van der Waals surface area contributed by atoms with Gasteiger partial charge in [-0.05, 0) is 31.7 Å². The third-order valence-corrected chi connectivity index (χ3v) is 4.14. The molecular formula is C13H14ClN3OS. The van der Waals surface area contributed by atoms with Crippen molar-refractivity contribution in [2.75, 3.05) is 7.05 Å². The van der Waals surface area contributed by atoms with Gasteiger partial charge < -0.3 is 10.3 Å². The fraction of sp³-hybridized carbons (Fsp3) is 0.231. The number of nitrogens with zero attached hydrogens (tertiary/aromatic N) is 1. The van der Waals surface area contributed by atoms with Crippen LogP contribution in [0.3, 0.4) is 0 Å². The van der Waals surface area contributed by atoms with Crippen molar-refractivity contribution in [1.29, 1.82) is 0 Å². The molecule has 0 saturated heterocycles. The van der Waals surface area contributed by atoms with E-state index in [0.29, 0.717) is 10.2 Å². The Kier molecular flexibility index (Phi) is 4.63. The number of nitrogens with one attached hydrogen (secondary N) is 2. The predicted molar refractivity (Wildman–Crippen MR) is 77.9 cm³/mol. The lowest BCUT2D eigenvalue weighted by atomic mass is 10.1. The van der Waals surface area contributed by atoms with E-state index >= 15 is 0 Å². The first-order valence-corrected chi connectivity index (χ1v) is 6.99. The third-order valence-electron chi connectivity index (χ3n) is 2.74. The Balaban J connectivity index is 2.24. The predicted octanol–water partition coefficient (Wildman–Crippen LogP) is 2.85. The molecule has 1 unspecified atom stereocenters. The molecule has 1 atom stereocenters. The standard InChI is InChI=1S/C13H14ClN3OS/c1-8(15-2)9-3-4-11(10(14)7-9)19-13-16-6-5-12(18)17-13/h3-8,15H,1-2H3,(H,16,17,18). The summed E-state index contributed by atoms with van der Waals surface area (Å²) in [6.45, 7) is 2.06. The fourth-order valence-corrected chi connectivity index (χ4v) is 2.61. The van der Waals surface area contributed by atoms with Crippen molar-refractivity contribution in [2.45, 2.75) is 23.0 Å². The van der Waals surface area contributed by atoms with Crippen LogP contribution in [-0.2, 0) is 0 Å². The summed E-state index contributed by atoms with van der Waals surface area (Å²) in [4.78, 5) is 18.8. The summed E-state index contributed by atoms with van der Waals surface area (Å²) in [5.41, 5.74) is 0.945. The normalized spacial score (nSPS) is 12.4. The minimum atomic E-state index is -0.172. The van der Waals surface area contributed by atoms with Crippen LogP contribution in [0.1, 0.15) is 18.5 Å². The third kappa shape index (κ3) is 3.59. The molecule has 0 fully saturated rings. The van der Waals surface area contributed by atoms with Crippen LogP contribution in [0, 0.1) is 0 Å². The zero-order valence-corrected chi connectivity index (χ0v) is 12.2. The highest BCUT2D eigenvalue weighted by Gasteiger charge is 2.08. The Morgan fingerprint density at radius 3 is 2.84 bits per heavy atom. The molecule has 100 valence electrons. The average Bonchev–Trinajstić information content (AvgIpc) is 2.40. The van der Waals surface area contributed by atoms with E-state index in [1.165, 1.54) is 24.0 Å². The fourth-order valence-electron chi connectivity index (χ4n) is 1.54. The van der Waals surface area contributed by atoms with Gasteiger partial charge in [-0.1, -0.05) is 29.4 Å². The van der Waals surface area contributed by atoms with Crippen LogP contribution in [0.4, 0.5) is 0 Å². The number of hydrogen-bond donors (Lipinski definition) is 2. The summed E-state index contributed by atoms with van der Waals surface area (Å²) in [6, 6.07) is 7.49. The van der Waals surface area contributed by atoms with E-state index in [2.05, 4.69) is 22.2 Å².